The van der Waals surface area contributed by atoms with Gasteiger partial charge in [0.25, 0.3) is 0 Å². The summed E-state index contributed by atoms with van der Waals surface area (Å²) < 4.78 is 10.6. The Labute approximate surface area is 152 Å². The molecule has 2 N–H and O–H groups in total. The molecule has 9 heteroatoms. The molecule has 0 saturated carbocycles. The largest absolute Gasteiger partial charge is 0.501 e. The minimum Gasteiger partial charge on any atom is -0.501 e. The Bertz CT molecular complexity index is 1060. The highest BCUT2D eigenvalue weighted by molar-refractivity contribution is 5.93. The molecule has 1 amide bonds. The zero-order valence-electron chi connectivity index (χ0n) is 14.2. The molecule has 138 valence electrons. The van der Waals surface area contributed by atoms with Gasteiger partial charge >= 0.3 is 17.6 Å². The molecule has 0 bridgehead atoms. The topological polar surface area (TPSA) is 119 Å². The fourth-order valence-electron chi connectivity index (χ4n) is 2.36. The van der Waals surface area contributed by atoms with Crippen molar-refractivity contribution >= 4 is 23.4 Å². The van der Waals surface area contributed by atoms with Crippen LogP contribution in [0.2, 0.25) is 0 Å². The van der Waals surface area contributed by atoms with Crippen molar-refractivity contribution in [2.24, 2.45) is 0 Å². The lowest BCUT2D eigenvalue weighted by Crippen LogP contribution is -2.21. The molecule has 1 aromatic carbocycles. The van der Waals surface area contributed by atoms with Gasteiger partial charge in [0.1, 0.15) is 6.61 Å². The molecule has 9 nitrogen and oxygen atoms in total. The maximum absolute atomic E-state index is 12.2. The van der Waals surface area contributed by atoms with Gasteiger partial charge in [0.2, 0.25) is 5.75 Å². The quantitative estimate of drug-likeness (QED) is 0.674. The second kappa shape index (κ2) is 7.56. The van der Waals surface area contributed by atoms with Crippen LogP contribution < -0.4 is 10.9 Å². The van der Waals surface area contributed by atoms with E-state index < -0.39 is 29.1 Å². The molecule has 0 aliphatic heterocycles. The standard InChI is InChI=1S/C18H15N3O6/c1-26-17(24)13-14(22)16(23)21-9-5-8-12(15(21)20-13)19-18(25)27-10-11-6-3-2-4-7-11/h2-9,22H,10H2,1H3,(H,19,25). The summed E-state index contributed by atoms with van der Waals surface area (Å²) in [6.45, 7) is 0.0546. The van der Waals surface area contributed by atoms with E-state index in [9.17, 15) is 19.5 Å². The van der Waals surface area contributed by atoms with Crippen LogP contribution in [-0.4, -0.2) is 33.7 Å². The van der Waals surface area contributed by atoms with Crippen molar-refractivity contribution in [3.63, 3.8) is 0 Å². The van der Waals surface area contributed by atoms with E-state index >= 15 is 0 Å². The molecule has 0 fully saturated rings. The second-order valence-corrected chi connectivity index (χ2v) is 5.41. The highest BCUT2D eigenvalue weighted by atomic mass is 16.5. The molecule has 3 rings (SSSR count). The molecular formula is C18H15N3O6. The average molecular weight is 369 g/mol. The van der Waals surface area contributed by atoms with Crippen LogP contribution in [-0.2, 0) is 16.1 Å². The number of amides is 1. The van der Waals surface area contributed by atoms with E-state index in [0.717, 1.165) is 17.1 Å². The molecule has 2 aromatic heterocycles. The van der Waals surface area contributed by atoms with Gasteiger partial charge < -0.3 is 14.6 Å². The van der Waals surface area contributed by atoms with E-state index in [4.69, 9.17) is 4.74 Å². The second-order valence-electron chi connectivity index (χ2n) is 5.41. The fraction of sp³-hybridized carbons (Fsp3) is 0.111. The van der Waals surface area contributed by atoms with Crippen molar-refractivity contribution in [2.75, 3.05) is 12.4 Å². The number of aromatic nitrogens is 2. The van der Waals surface area contributed by atoms with Crippen molar-refractivity contribution in [3.05, 3.63) is 70.3 Å². The highest BCUT2D eigenvalue weighted by Crippen LogP contribution is 2.18. The highest BCUT2D eigenvalue weighted by Gasteiger charge is 2.21. The fourth-order valence-corrected chi connectivity index (χ4v) is 2.36. The van der Waals surface area contributed by atoms with Crippen LogP contribution in [0.5, 0.6) is 5.75 Å². The van der Waals surface area contributed by atoms with E-state index in [1.165, 1.54) is 18.3 Å². The van der Waals surface area contributed by atoms with E-state index in [-0.39, 0.29) is 17.9 Å². The van der Waals surface area contributed by atoms with Gasteiger partial charge in [-0.2, -0.15) is 0 Å². The minimum atomic E-state index is -0.978. The smallest absolute Gasteiger partial charge is 0.412 e. The van der Waals surface area contributed by atoms with Crippen LogP contribution in [0, 0.1) is 0 Å². The number of carbonyl (C=O) groups excluding carboxylic acids is 2. The Morgan fingerprint density at radius 1 is 1.19 bits per heavy atom. The molecule has 0 atom stereocenters. The summed E-state index contributed by atoms with van der Waals surface area (Å²) in [5.74, 6) is -1.82. The number of nitrogens with one attached hydrogen (secondary N) is 1. The zero-order valence-corrected chi connectivity index (χ0v) is 14.2. The van der Waals surface area contributed by atoms with Crippen LogP contribution >= 0.6 is 0 Å². The molecule has 2 heterocycles. The Morgan fingerprint density at radius 3 is 2.63 bits per heavy atom. The number of anilines is 1. The Balaban J connectivity index is 1.90. The van der Waals surface area contributed by atoms with Gasteiger partial charge in [0.15, 0.2) is 11.3 Å². The minimum absolute atomic E-state index is 0.0441. The van der Waals surface area contributed by atoms with Gasteiger partial charge in [0, 0.05) is 6.20 Å². The summed E-state index contributed by atoms with van der Waals surface area (Å²) in [6, 6.07) is 12.0. The Hall–Kier alpha value is -3.88. The van der Waals surface area contributed by atoms with Crippen molar-refractivity contribution in [3.8, 4) is 5.75 Å². The maximum atomic E-state index is 12.2. The molecule has 0 radical (unpaired) electrons. The number of methoxy groups -OCH3 is 1. The monoisotopic (exact) mass is 369 g/mol. The first-order chi connectivity index (χ1) is 13.0. The SMILES string of the molecule is COC(=O)c1nc2c(NC(=O)OCc3ccccc3)cccn2c(=O)c1O. The number of rotatable bonds is 4. The maximum Gasteiger partial charge on any atom is 0.412 e. The normalized spacial score (nSPS) is 10.4. The molecule has 0 unspecified atom stereocenters. The number of pyridine rings is 1. The van der Waals surface area contributed by atoms with Crippen LogP contribution in [0.4, 0.5) is 10.5 Å². The third-order valence-electron chi connectivity index (χ3n) is 3.66. The van der Waals surface area contributed by atoms with Gasteiger partial charge in [-0.1, -0.05) is 30.3 Å². The average Bonchev–Trinajstić information content (AvgIpc) is 2.69. The summed E-state index contributed by atoms with van der Waals surface area (Å²) in [5, 5.41) is 12.3. The van der Waals surface area contributed by atoms with Gasteiger partial charge in [-0.3, -0.25) is 14.5 Å². The number of nitrogens with zero attached hydrogens (tertiary/aromatic N) is 2. The van der Waals surface area contributed by atoms with Crippen molar-refractivity contribution in [1.29, 1.82) is 0 Å². The van der Waals surface area contributed by atoms with E-state index in [2.05, 4.69) is 15.0 Å². The lowest BCUT2D eigenvalue weighted by atomic mass is 10.2. The lowest BCUT2D eigenvalue weighted by Gasteiger charge is -2.11. The molecule has 3 aromatic rings. The Morgan fingerprint density at radius 2 is 1.93 bits per heavy atom. The molecule has 0 aliphatic carbocycles. The number of ether oxygens (including phenoxy) is 2. The van der Waals surface area contributed by atoms with Gasteiger partial charge in [-0.05, 0) is 17.7 Å². The summed E-state index contributed by atoms with van der Waals surface area (Å²) in [5.41, 5.74) is -0.538. The predicted molar refractivity (Wildman–Crippen MR) is 94.7 cm³/mol. The van der Waals surface area contributed by atoms with Crippen molar-refractivity contribution < 1.29 is 24.2 Å². The number of esters is 1. The molecule has 27 heavy (non-hydrogen) atoms. The lowest BCUT2D eigenvalue weighted by molar-refractivity contribution is 0.0590. The predicted octanol–water partition coefficient (Wildman–Crippen LogP) is 1.94. The molecule has 0 saturated heterocycles. The summed E-state index contributed by atoms with van der Waals surface area (Å²) in [6.07, 6.45) is 0.570. The molecule has 0 spiro atoms. The number of hydrogen-bond acceptors (Lipinski definition) is 7. The van der Waals surface area contributed by atoms with Crippen LogP contribution in [0.15, 0.2) is 53.5 Å². The van der Waals surface area contributed by atoms with Gasteiger partial charge in [-0.15, -0.1) is 0 Å². The van der Waals surface area contributed by atoms with E-state index in [1.54, 1.807) is 12.1 Å². The third-order valence-corrected chi connectivity index (χ3v) is 3.66. The first-order valence-corrected chi connectivity index (χ1v) is 7.81. The number of hydrogen-bond donors (Lipinski definition) is 2. The van der Waals surface area contributed by atoms with Crippen molar-refractivity contribution in [2.45, 2.75) is 6.61 Å². The van der Waals surface area contributed by atoms with Crippen LogP contribution in [0.1, 0.15) is 16.1 Å². The first-order valence-electron chi connectivity index (χ1n) is 7.81. The van der Waals surface area contributed by atoms with E-state index in [0.29, 0.717) is 0 Å². The first kappa shape index (κ1) is 17.9. The third kappa shape index (κ3) is 3.71. The van der Waals surface area contributed by atoms with Crippen LogP contribution in [0.3, 0.4) is 0 Å². The van der Waals surface area contributed by atoms with E-state index in [1.807, 2.05) is 18.2 Å². The number of benzene rings is 1. The summed E-state index contributed by atoms with van der Waals surface area (Å²) in [7, 11) is 1.09. The number of aromatic hydroxyl groups is 1. The van der Waals surface area contributed by atoms with Gasteiger partial charge in [0.05, 0.1) is 12.8 Å². The summed E-state index contributed by atoms with van der Waals surface area (Å²) >= 11 is 0. The molecular weight excluding hydrogens is 354 g/mol. The van der Waals surface area contributed by atoms with Crippen molar-refractivity contribution in [1.82, 2.24) is 9.38 Å². The number of fused-ring (bicyclic) bond motifs is 1. The van der Waals surface area contributed by atoms with Crippen LogP contribution in [0.25, 0.3) is 5.65 Å². The molecule has 0 aliphatic rings. The van der Waals surface area contributed by atoms with Gasteiger partial charge in [-0.25, -0.2) is 14.6 Å². The Kier molecular flexibility index (Phi) is 5.02. The summed E-state index contributed by atoms with van der Waals surface area (Å²) in [4.78, 5) is 40.0. The zero-order chi connectivity index (χ0) is 19.4. The number of carbonyl (C=O) groups is 2.